The first-order valence-corrected chi connectivity index (χ1v) is 13.0. The summed E-state index contributed by atoms with van der Waals surface area (Å²) in [5.74, 6) is 3.46. The largest absolute Gasteiger partial charge is 0.492 e. The number of aromatic nitrogens is 1. The van der Waals surface area contributed by atoms with Crippen molar-refractivity contribution in [2.24, 2.45) is 28.6 Å². The number of allylic oxidation sites excluding steroid dienone is 2. The minimum absolute atomic E-state index is 0.227. The van der Waals surface area contributed by atoms with Crippen molar-refractivity contribution in [1.82, 2.24) is 9.88 Å². The van der Waals surface area contributed by atoms with E-state index in [1.54, 1.807) is 0 Å². The molecule has 0 spiro atoms. The molecule has 174 valence electrons. The average molecular weight is 437 g/mol. The van der Waals surface area contributed by atoms with Gasteiger partial charge in [0, 0.05) is 25.2 Å². The monoisotopic (exact) mass is 436 g/mol. The van der Waals surface area contributed by atoms with Crippen LogP contribution in [0.15, 0.2) is 24.5 Å². The molecular formula is C28H40N2O2. The average Bonchev–Trinajstić information content (AvgIpc) is 3.15. The Balaban J connectivity index is 1.41. The number of hydrogen-bond donors (Lipinski definition) is 0. The van der Waals surface area contributed by atoms with Crippen molar-refractivity contribution in [1.29, 1.82) is 0 Å². The number of carbonyl (C=O) groups is 1. The third kappa shape index (κ3) is 3.23. The van der Waals surface area contributed by atoms with Crippen molar-refractivity contribution in [3.05, 3.63) is 30.1 Å². The summed E-state index contributed by atoms with van der Waals surface area (Å²) in [5.41, 5.74) is 3.25. The van der Waals surface area contributed by atoms with Crippen LogP contribution in [-0.4, -0.2) is 35.0 Å². The van der Waals surface area contributed by atoms with Gasteiger partial charge < -0.3 is 9.64 Å². The second-order valence-electron chi connectivity index (χ2n) is 11.2. The maximum absolute atomic E-state index is 12.7. The third-order valence-electron chi connectivity index (χ3n) is 9.85. The maximum atomic E-state index is 12.7. The normalized spacial score (nSPS) is 38.4. The van der Waals surface area contributed by atoms with Crippen molar-refractivity contribution in [3.63, 3.8) is 0 Å². The highest BCUT2D eigenvalue weighted by Gasteiger charge is 2.59. The van der Waals surface area contributed by atoms with Crippen LogP contribution in [0.5, 0.6) is 5.75 Å². The Morgan fingerprint density at radius 3 is 2.78 bits per heavy atom. The molecule has 1 aromatic rings. The van der Waals surface area contributed by atoms with E-state index in [1.807, 2.05) is 26.2 Å². The molecule has 1 unspecified atom stereocenters. The molecule has 4 nitrogen and oxygen atoms in total. The Kier molecular flexibility index (Phi) is 5.62. The first-order valence-electron chi connectivity index (χ1n) is 13.0. The Morgan fingerprint density at radius 1 is 1.16 bits per heavy atom. The SMILES string of the molecule is CCOc1cncc(C2=CC[C@H]3[C@@H]4CCC5N(C(=O)CC)CCC[C@]5(C)[C@H]4CC[C@]23C)c1. The van der Waals surface area contributed by atoms with Gasteiger partial charge in [0.05, 0.1) is 12.8 Å². The molecule has 2 heterocycles. The summed E-state index contributed by atoms with van der Waals surface area (Å²) < 4.78 is 5.75. The number of carbonyl (C=O) groups excluding carboxylic acids is 1. The van der Waals surface area contributed by atoms with Crippen LogP contribution >= 0.6 is 0 Å². The molecule has 3 aliphatic carbocycles. The Morgan fingerprint density at radius 2 is 2.00 bits per heavy atom. The van der Waals surface area contributed by atoms with Crippen LogP contribution in [0.1, 0.15) is 84.6 Å². The van der Waals surface area contributed by atoms with E-state index >= 15 is 0 Å². The topological polar surface area (TPSA) is 42.4 Å². The van der Waals surface area contributed by atoms with Gasteiger partial charge in [0.2, 0.25) is 5.91 Å². The number of hydrogen-bond acceptors (Lipinski definition) is 3. The van der Waals surface area contributed by atoms with Gasteiger partial charge in [0.15, 0.2) is 0 Å². The smallest absolute Gasteiger partial charge is 0.222 e. The molecule has 1 saturated heterocycles. The number of fused-ring (bicyclic) bond motifs is 5. The number of amides is 1. The van der Waals surface area contributed by atoms with Gasteiger partial charge in [-0.3, -0.25) is 9.78 Å². The summed E-state index contributed by atoms with van der Waals surface area (Å²) in [6, 6.07) is 2.64. The number of nitrogens with zero attached hydrogens (tertiary/aromatic N) is 2. The molecule has 0 aromatic carbocycles. The fraction of sp³-hybridized carbons (Fsp3) is 0.714. The minimum atomic E-state index is 0.227. The summed E-state index contributed by atoms with van der Waals surface area (Å²) in [5, 5.41) is 0. The van der Waals surface area contributed by atoms with E-state index < -0.39 is 0 Å². The lowest BCUT2D eigenvalue weighted by molar-refractivity contribution is -0.153. The molecule has 6 atom stereocenters. The van der Waals surface area contributed by atoms with Crippen molar-refractivity contribution < 1.29 is 9.53 Å². The first-order chi connectivity index (χ1) is 15.4. The predicted molar refractivity (Wildman–Crippen MR) is 128 cm³/mol. The molecule has 5 rings (SSSR count). The summed E-state index contributed by atoms with van der Waals surface area (Å²) in [6.45, 7) is 10.7. The van der Waals surface area contributed by atoms with Gasteiger partial charge in [-0.1, -0.05) is 26.8 Å². The van der Waals surface area contributed by atoms with Gasteiger partial charge in [-0.05, 0) is 97.7 Å². The summed E-state index contributed by atoms with van der Waals surface area (Å²) >= 11 is 0. The van der Waals surface area contributed by atoms with Crippen LogP contribution in [0.4, 0.5) is 0 Å². The third-order valence-corrected chi connectivity index (χ3v) is 9.85. The minimum Gasteiger partial charge on any atom is -0.492 e. The van der Waals surface area contributed by atoms with Gasteiger partial charge in [-0.2, -0.15) is 0 Å². The zero-order chi connectivity index (χ0) is 22.5. The fourth-order valence-electron chi connectivity index (χ4n) is 8.41. The number of piperidine rings is 1. The van der Waals surface area contributed by atoms with E-state index in [9.17, 15) is 4.79 Å². The van der Waals surface area contributed by atoms with Gasteiger partial charge in [-0.25, -0.2) is 0 Å². The Labute approximate surface area is 193 Å². The Hall–Kier alpha value is -1.84. The number of pyridine rings is 1. The van der Waals surface area contributed by atoms with Crippen molar-refractivity contribution in [3.8, 4) is 5.75 Å². The quantitative estimate of drug-likeness (QED) is 0.571. The van der Waals surface area contributed by atoms with E-state index in [0.29, 0.717) is 30.9 Å². The zero-order valence-electron chi connectivity index (χ0n) is 20.4. The second-order valence-corrected chi connectivity index (χ2v) is 11.2. The van der Waals surface area contributed by atoms with Gasteiger partial charge >= 0.3 is 0 Å². The van der Waals surface area contributed by atoms with Crippen LogP contribution in [0, 0.1) is 28.6 Å². The number of ether oxygens (including phenoxy) is 1. The highest BCUT2D eigenvalue weighted by molar-refractivity contribution is 5.76. The van der Waals surface area contributed by atoms with E-state index in [2.05, 4.69) is 35.9 Å². The van der Waals surface area contributed by atoms with Crippen molar-refractivity contribution in [2.75, 3.05) is 13.2 Å². The molecular weight excluding hydrogens is 396 g/mol. The number of likely N-dealkylation sites (tertiary alicyclic amines) is 1. The van der Waals surface area contributed by atoms with Gasteiger partial charge in [-0.15, -0.1) is 0 Å². The number of rotatable bonds is 4. The van der Waals surface area contributed by atoms with Crippen molar-refractivity contribution >= 4 is 11.5 Å². The highest BCUT2D eigenvalue weighted by Crippen LogP contribution is 2.66. The summed E-state index contributed by atoms with van der Waals surface area (Å²) in [7, 11) is 0. The van der Waals surface area contributed by atoms with Crippen LogP contribution in [-0.2, 0) is 4.79 Å². The van der Waals surface area contributed by atoms with E-state index in [-0.39, 0.29) is 10.8 Å². The Bertz CT molecular complexity index is 910. The molecule has 3 fully saturated rings. The molecule has 1 aromatic heterocycles. The molecule has 2 saturated carbocycles. The van der Waals surface area contributed by atoms with Crippen LogP contribution < -0.4 is 4.74 Å². The first kappa shape index (κ1) is 22.0. The zero-order valence-corrected chi connectivity index (χ0v) is 20.4. The van der Waals surface area contributed by atoms with Crippen molar-refractivity contribution in [2.45, 2.75) is 85.1 Å². The van der Waals surface area contributed by atoms with Gasteiger partial charge in [0.25, 0.3) is 0 Å². The molecule has 0 bridgehead atoms. The van der Waals surface area contributed by atoms with Gasteiger partial charge in [0.1, 0.15) is 5.75 Å². The van der Waals surface area contributed by atoms with Crippen LogP contribution in [0.2, 0.25) is 0 Å². The molecule has 32 heavy (non-hydrogen) atoms. The van der Waals surface area contributed by atoms with E-state index in [0.717, 1.165) is 24.1 Å². The standard InChI is InChI=1S/C28H40N2O2/c1-5-26(31)30-15-7-13-28(4)24-12-14-27(3)22(19-16-20(32-6-2)18-29-17-19)9-10-23(27)21(24)8-11-25(28)30/h9,16-18,21,23-25H,5-8,10-15H2,1-4H3/t21-,23-,24-,25?,27+,28+/m0/s1. The summed E-state index contributed by atoms with van der Waals surface area (Å²) in [6.07, 6.45) is 15.6. The summed E-state index contributed by atoms with van der Waals surface area (Å²) in [4.78, 5) is 19.5. The highest BCUT2D eigenvalue weighted by atomic mass is 16.5. The van der Waals surface area contributed by atoms with E-state index in [1.165, 1.54) is 56.1 Å². The molecule has 1 amide bonds. The molecule has 1 aliphatic heterocycles. The molecule has 4 aliphatic rings. The lowest BCUT2D eigenvalue weighted by atomic mass is 9.46. The van der Waals surface area contributed by atoms with E-state index in [4.69, 9.17) is 4.74 Å². The lowest BCUT2D eigenvalue weighted by Gasteiger charge is -2.62. The molecule has 0 N–H and O–H groups in total. The van der Waals surface area contributed by atoms with Crippen LogP contribution in [0.3, 0.4) is 0 Å². The molecule has 4 heteroatoms. The second kappa shape index (κ2) is 8.18. The predicted octanol–water partition coefficient (Wildman–Crippen LogP) is 6.12. The lowest BCUT2D eigenvalue weighted by Crippen LogP contribution is -2.61. The molecule has 0 radical (unpaired) electrons. The maximum Gasteiger partial charge on any atom is 0.222 e. The van der Waals surface area contributed by atoms with Crippen LogP contribution in [0.25, 0.3) is 5.57 Å². The fourth-order valence-corrected chi connectivity index (χ4v) is 8.41.